The van der Waals surface area contributed by atoms with E-state index in [1.165, 1.54) is 0 Å². The molecule has 1 aliphatic carbocycles. The third-order valence-corrected chi connectivity index (χ3v) is 5.92. The van der Waals surface area contributed by atoms with E-state index in [-0.39, 0.29) is 19.1 Å². The Bertz CT molecular complexity index is 1140. The average Bonchev–Trinajstić information content (AvgIpc) is 3.11. The van der Waals surface area contributed by atoms with Crippen LogP contribution in [0, 0.1) is 0 Å². The number of carbonyl (C=O) groups is 2. The lowest BCUT2D eigenvalue weighted by molar-refractivity contribution is -0.145. The van der Waals surface area contributed by atoms with Crippen LogP contribution in [0.4, 0.5) is 0 Å². The zero-order chi connectivity index (χ0) is 22.7. The van der Waals surface area contributed by atoms with Crippen molar-refractivity contribution in [3.8, 4) is 11.5 Å². The molecule has 7 nitrogen and oxygen atoms in total. The smallest absolute Gasteiger partial charge is 0.344 e. The lowest BCUT2D eigenvalue weighted by Crippen LogP contribution is -2.25. The number of nitrogens with zero attached hydrogens (tertiary/aromatic N) is 1. The van der Waals surface area contributed by atoms with Crippen LogP contribution in [-0.2, 0) is 27.3 Å². The highest BCUT2D eigenvalue weighted by Crippen LogP contribution is 2.45. The summed E-state index contributed by atoms with van der Waals surface area (Å²) in [7, 11) is 1.59. The maximum atomic E-state index is 12.4. The van der Waals surface area contributed by atoms with Gasteiger partial charge in [0.05, 0.1) is 25.2 Å². The first-order valence-electron chi connectivity index (χ1n) is 10.9. The summed E-state index contributed by atoms with van der Waals surface area (Å²) in [5.74, 6) is -0.110. The highest BCUT2D eigenvalue weighted by Gasteiger charge is 2.33. The number of aromatic nitrogens is 1. The number of rotatable bonds is 8. The van der Waals surface area contributed by atoms with Crippen LogP contribution in [0.1, 0.15) is 42.5 Å². The first-order valence-corrected chi connectivity index (χ1v) is 10.9. The SMILES string of the molecule is CCOC(=O)COc1cc(OC)cc2c1c1c(n2Cc2ccccc2)CCCC1C(N)=O. The fourth-order valence-electron chi connectivity index (χ4n) is 4.56. The van der Waals surface area contributed by atoms with Crippen LogP contribution < -0.4 is 15.2 Å². The number of fused-ring (bicyclic) bond motifs is 3. The van der Waals surface area contributed by atoms with E-state index in [0.29, 0.717) is 24.5 Å². The summed E-state index contributed by atoms with van der Waals surface area (Å²) >= 11 is 0. The molecule has 0 saturated heterocycles. The standard InChI is InChI=1S/C25H28N2O5/c1-3-31-22(28)15-32-21-13-17(30-2)12-20-24(21)23-18(25(26)29)10-7-11-19(23)27(20)14-16-8-5-4-6-9-16/h4-6,8-9,12-13,18H,3,7,10-11,14-15H2,1-2H3,(H2,26,29). The van der Waals surface area contributed by atoms with Gasteiger partial charge in [0.15, 0.2) is 6.61 Å². The lowest BCUT2D eigenvalue weighted by atomic mass is 9.84. The Morgan fingerprint density at radius 3 is 2.66 bits per heavy atom. The van der Waals surface area contributed by atoms with Gasteiger partial charge in [-0.25, -0.2) is 4.79 Å². The Morgan fingerprint density at radius 1 is 1.19 bits per heavy atom. The van der Waals surface area contributed by atoms with Crippen LogP contribution in [-0.4, -0.2) is 36.8 Å². The minimum absolute atomic E-state index is 0.226. The number of primary amides is 1. The van der Waals surface area contributed by atoms with Gasteiger partial charge in [0.2, 0.25) is 5.91 Å². The molecule has 0 saturated carbocycles. The summed E-state index contributed by atoms with van der Waals surface area (Å²) in [6.07, 6.45) is 2.40. The zero-order valence-corrected chi connectivity index (χ0v) is 18.4. The van der Waals surface area contributed by atoms with Gasteiger partial charge in [0, 0.05) is 29.8 Å². The summed E-state index contributed by atoms with van der Waals surface area (Å²) in [4.78, 5) is 24.3. The van der Waals surface area contributed by atoms with E-state index in [2.05, 4.69) is 16.7 Å². The number of benzene rings is 2. The fourth-order valence-corrected chi connectivity index (χ4v) is 4.56. The Balaban J connectivity index is 1.92. The lowest BCUT2D eigenvalue weighted by Gasteiger charge is -2.22. The van der Waals surface area contributed by atoms with E-state index in [1.807, 2.05) is 24.3 Å². The second-order valence-corrected chi connectivity index (χ2v) is 7.89. The van der Waals surface area contributed by atoms with Gasteiger partial charge in [0.1, 0.15) is 11.5 Å². The van der Waals surface area contributed by atoms with Crippen molar-refractivity contribution in [2.24, 2.45) is 5.73 Å². The van der Waals surface area contributed by atoms with Crippen LogP contribution in [0.25, 0.3) is 10.9 Å². The van der Waals surface area contributed by atoms with E-state index in [0.717, 1.165) is 40.6 Å². The molecule has 1 unspecified atom stereocenters. The number of esters is 1. The zero-order valence-electron chi connectivity index (χ0n) is 18.4. The molecule has 3 aromatic rings. The maximum Gasteiger partial charge on any atom is 0.344 e. The molecule has 32 heavy (non-hydrogen) atoms. The number of hydrogen-bond acceptors (Lipinski definition) is 5. The quantitative estimate of drug-likeness (QED) is 0.545. The van der Waals surface area contributed by atoms with Crippen molar-refractivity contribution < 1.29 is 23.8 Å². The molecule has 7 heteroatoms. The molecule has 0 radical (unpaired) electrons. The van der Waals surface area contributed by atoms with Crippen molar-refractivity contribution in [2.45, 2.75) is 38.6 Å². The van der Waals surface area contributed by atoms with Crippen molar-refractivity contribution in [3.63, 3.8) is 0 Å². The van der Waals surface area contributed by atoms with Crippen molar-refractivity contribution in [1.82, 2.24) is 4.57 Å². The van der Waals surface area contributed by atoms with Gasteiger partial charge in [-0.05, 0) is 37.3 Å². The van der Waals surface area contributed by atoms with Crippen molar-refractivity contribution >= 4 is 22.8 Å². The molecule has 2 N–H and O–H groups in total. The molecule has 0 fully saturated rings. The highest BCUT2D eigenvalue weighted by molar-refractivity contribution is 5.98. The molecule has 1 atom stereocenters. The Labute approximate surface area is 187 Å². The van der Waals surface area contributed by atoms with Gasteiger partial charge in [-0.1, -0.05) is 30.3 Å². The van der Waals surface area contributed by atoms with Crippen molar-refractivity contribution in [2.75, 3.05) is 20.3 Å². The summed E-state index contributed by atoms with van der Waals surface area (Å²) in [5.41, 5.74) is 9.83. The van der Waals surface area contributed by atoms with Crippen molar-refractivity contribution in [3.05, 3.63) is 59.3 Å². The summed E-state index contributed by atoms with van der Waals surface area (Å²) < 4.78 is 18.7. The maximum absolute atomic E-state index is 12.4. The molecule has 4 rings (SSSR count). The van der Waals surface area contributed by atoms with Crippen molar-refractivity contribution in [1.29, 1.82) is 0 Å². The molecular weight excluding hydrogens is 408 g/mol. The second-order valence-electron chi connectivity index (χ2n) is 7.89. The third-order valence-electron chi connectivity index (χ3n) is 5.92. The topological polar surface area (TPSA) is 92.8 Å². The first kappa shape index (κ1) is 21.7. The van der Waals surface area contributed by atoms with Crippen LogP contribution in [0.3, 0.4) is 0 Å². The molecular formula is C25H28N2O5. The minimum atomic E-state index is -0.451. The molecule has 1 heterocycles. The highest BCUT2D eigenvalue weighted by atomic mass is 16.6. The molecule has 0 bridgehead atoms. The molecule has 1 aromatic heterocycles. The minimum Gasteiger partial charge on any atom is -0.497 e. The van der Waals surface area contributed by atoms with Gasteiger partial charge in [-0.3, -0.25) is 4.79 Å². The largest absolute Gasteiger partial charge is 0.497 e. The summed E-state index contributed by atoms with van der Waals surface area (Å²) in [5, 5.41) is 0.810. The number of amides is 1. The van der Waals surface area contributed by atoms with Gasteiger partial charge < -0.3 is 24.5 Å². The molecule has 168 valence electrons. The average molecular weight is 437 g/mol. The van der Waals surface area contributed by atoms with Crippen LogP contribution in [0.2, 0.25) is 0 Å². The summed E-state index contributed by atoms with van der Waals surface area (Å²) in [6, 6.07) is 13.9. The van der Waals surface area contributed by atoms with E-state index in [1.54, 1.807) is 20.1 Å². The predicted molar refractivity (Wildman–Crippen MR) is 121 cm³/mol. The molecule has 1 aliphatic rings. The van der Waals surface area contributed by atoms with E-state index < -0.39 is 11.9 Å². The van der Waals surface area contributed by atoms with E-state index >= 15 is 0 Å². The first-order chi connectivity index (χ1) is 15.5. The molecule has 2 aromatic carbocycles. The van der Waals surface area contributed by atoms with Gasteiger partial charge >= 0.3 is 5.97 Å². The van der Waals surface area contributed by atoms with Crippen LogP contribution in [0.5, 0.6) is 11.5 Å². The van der Waals surface area contributed by atoms with E-state index in [9.17, 15) is 9.59 Å². The Hall–Kier alpha value is -3.48. The fraction of sp³-hybridized carbons (Fsp3) is 0.360. The van der Waals surface area contributed by atoms with Gasteiger partial charge in [-0.2, -0.15) is 0 Å². The monoisotopic (exact) mass is 436 g/mol. The number of nitrogens with two attached hydrogens (primary N) is 1. The number of methoxy groups -OCH3 is 1. The van der Waals surface area contributed by atoms with Crippen LogP contribution >= 0.6 is 0 Å². The van der Waals surface area contributed by atoms with Gasteiger partial charge in [-0.15, -0.1) is 0 Å². The van der Waals surface area contributed by atoms with Gasteiger partial charge in [0.25, 0.3) is 0 Å². The number of carbonyl (C=O) groups excluding carboxylic acids is 2. The normalized spacial score (nSPS) is 15.2. The predicted octanol–water partition coefficient (Wildman–Crippen LogP) is 3.55. The number of hydrogen-bond donors (Lipinski definition) is 1. The molecule has 0 aliphatic heterocycles. The second kappa shape index (κ2) is 9.34. The molecule has 0 spiro atoms. The van der Waals surface area contributed by atoms with E-state index in [4.69, 9.17) is 19.9 Å². The number of ether oxygens (including phenoxy) is 3. The Morgan fingerprint density at radius 2 is 1.97 bits per heavy atom. The summed E-state index contributed by atoms with van der Waals surface area (Å²) in [6.45, 7) is 2.44. The Kier molecular flexibility index (Phi) is 6.35. The molecule has 1 amide bonds. The third kappa shape index (κ3) is 4.15. The van der Waals surface area contributed by atoms with Crippen LogP contribution in [0.15, 0.2) is 42.5 Å².